The number of nitrogens with zero attached hydrogens (tertiary/aromatic N) is 2. The minimum absolute atomic E-state index is 0.0247. The van der Waals surface area contributed by atoms with Crippen molar-refractivity contribution in [3.63, 3.8) is 0 Å². The average molecular weight is 939 g/mol. The molecule has 0 fully saturated rings. The van der Waals surface area contributed by atoms with Crippen molar-refractivity contribution in [2.45, 2.75) is 87.6 Å². The summed E-state index contributed by atoms with van der Waals surface area (Å²) in [5, 5.41) is 15.7. The van der Waals surface area contributed by atoms with E-state index >= 15 is 0 Å². The summed E-state index contributed by atoms with van der Waals surface area (Å²) in [6, 6.07) is 16.8. The van der Waals surface area contributed by atoms with Crippen molar-refractivity contribution < 1.29 is 28.8 Å². The number of carbonyl (C=O) groups is 6. The van der Waals surface area contributed by atoms with E-state index in [0.29, 0.717) is 41.9 Å². The quantitative estimate of drug-likeness (QED) is 0.0361. The van der Waals surface area contributed by atoms with Crippen LogP contribution in [0.2, 0.25) is 0 Å². The molecular weight excluding hydrogens is 881 g/mol. The summed E-state index contributed by atoms with van der Waals surface area (Å²) in [6.45, 7) is 0.395. The van der Waals surface area contributed by atoms with E-state index in [4.69, 9.17) is 17.2 Å². The van der Waals surface area contributed by atoms with Crippen molar-refractivity contribution in [1.82, 2.24) is 56.5 Å². The van der Waals surface area contributed by atoms with Gasteiger partial charge in [0.2, 0.25) is 35.4 Å². The Kier molecular flexibility index (Phi) is 16.7. The summed E-state index contributed by atoms with van der Waals surface area (Å²) >= 11 is 0. The van der Waals surface area contributed by atoms with Crippen LogP contribution in [-0.4, -0.2) is 108 Å². The number of aromatic nitrogens is 6. The molecule has 360 valence electrons. The van der Waals surface area contributed by atoms with Crippen molar-refractivity contribution in [2.24, 2.45) is 17.2 Å². The van der Waals surface area contributed by atoms with E-state index in [1.165, 1.54) is 18.9 Å². The average Bonchev–Trinajstić information content (AvgIpc) is 4.20. The Morgan fingerprint density at radius 3 is 1.45 bits per heavy atom. The van der Waals surface area contributed by atoms with E-state index in [-0.39, 0.29) is 38.5 Å². The second-order valence-electron chi connectivity index (χ2n) is 17.0. The monoisotopic (exact) mass is 938 g/mol. The number of nitrogens with two attached hydrogens (primary N) is 3. The zero-order valence-electron chi connectivity index (χ0n) is 37.9. The molecular formula is C49H58N14O6. The lowest BCUT2D eigenvalue weighted by Crippen LogP contribution is -2.60. The maximum atomic E-state index is 14.8. The van der Waals surface area contributed by atoms with Crippen LogP contribution in [0.3, 0.4) is 0 Å². The van der Waals surface area contributed by atoms with Crippen molar-refractivity contribution in [1.29, 1.82) is 0 Å². The topological polar surface area (TPSA) is 330 Å². The minimum atomic E-state index is -1.33. The van der Waals surface area contributed by atoms with Gasteiger partial charge >= 0.3 is 0 Å². The smallest absolute Gasteiger partial charge is 0.243 e. The minimum Gasteiger partial charge on any atom is -0.368 e. The van der Waals surface area contributed by atoms with Crippen LogP contribution in [0.5, 0.6) is 0 Å². The Balaban J connectivity index is 1.17. The van der Waals surface area contributed by atoms with Crippen molar-refractivity contribution in [3.05, 3.63) is 144 Å². The number of rotatable bonds is 25. The van der Waals surface area contributed by atoms with Crippen LogP contribution < -0.4 is 43.8 Å². The Morgan fingerprint density at radius 1 is 0.507 bits per heavy atom. The molecule has 20 nitrogen and oxygen atoms in total. The molecule has 6 atom stereocenters. The van der Waals surface area contributed by atoms with Gasteiger partial charge in [-0.15, -0.1) is 0 Å². The third kappa shape index (κ3) is 13.3. The van der Waals surface area contributed by atoms with E-state index in [2.05, 4.69) is 56.5 Å². The summed E-state index contributed by atoms with van der Waals surface area (Å²) in [6.07, 6.45) is 10.9. The molecule has 6 amide bonds. The lowest BCUT2D eigenvalue weighted by Gasteiger charge is -2.27. The van der Waals surface area contributed by atoms with E-state index in [1.54, 1.807) is 42.9 Å². The number of aromatic amines is 4. The number of carbonyl (C=O) groups excluding carboxylic acids is 6. The van der Waals surface area contributed by atoms with E-state index < -0.39 is 71.7 Å². The van der Waals surface area contributed by atoms with Crippen LogP contribution in [0.4, 0.5) is 0 Å². The van der Waals surface area contributed by atoms with Crippen LogP contribution in [-0.2, 0) is 60.9 Å². The van der Waals surface area contributed by atoms with Crippen LogP contribution in [0.25, 0.3) is 21.8 Å². The number of imidazole rings is 2. The van der Waals surface area contributed by atoms with Crippen LogP contribution >= 0.6 is 0 Å². The molecule has 4 aromatic heterocycles. The first-order valence-corrected chi connectivity index (χ1v) is 22.8. The molecule has 0 aliphatic carbocycles. The molecule has 3 aromatic carbocycles. The molecule has 15 N–H and O–H groups in total. The number of hydrogen-bond donors (Lipinski definition) is 12. The molecule has 0 aliphatic heterocycles. The highest BCUT2D eigenvalue weighted by molar-refractivity contribution is 5.98. The first-order valence-electron chi connectivity index (χ1n) is 22.8. The van der Waals surface area contributed by atoms with Gasteiger partial charge in [0.05, 0.1) is 18.7 Å². The van der Waals surface area contributed by atoms with Gasteiger partial charge in [-0.25, -0.2) is 9.97 Å². The first-order chi connectivity index (χ1) is 33.4. The fraction of sp³-hybridized carbons (Fsp3) is 0.306. The van der Waals surface area contributed by atoms with Crippen LogP contribution in [0.15, 0.2) is 116 Å². The van der Waals surface area contributed by atoms with Gasteiger partial charge in [0.1, 0.15) is 30.2 Å². The molecule has 0 bridgehead atoms. The number of unbranched alkanes of at least 4 members (excludes halogenated alkanes) is 1. The number of nitrogens with one attached hydrogen (secondary N) is 9. The zero-order chi connectivity index (χ0) is 48.7. The number of amides is 6. The molecule has 0 saturated carbocycles. The van der Waals surface area contributed by atoms with Gasteiger partial charge in [0, 0.05) is 90.1 Å². The van der Waals surface area contributed by atoms with Crippen molar-refractivity contribution >= 4 is 57.2 Å². The van der Waals surface area contributed by atoms with Gasteiger partial charge < -0.3 is 63.7 Å². The Labute approximate surface area is 397 Å². The van der Waals surface area contributed by atoms with Gasteiger partial charge in [-0.05, 0) is 54.6 Å². The fourth-order valence-corrected chi connectivity index (χ4v) is 8.22. The van der Waals surface area contributed by atoms with E-state index in [1.807, 2.05) is 54.6 Å². The molecule has 7 aromatic rings. The number of hydrogen-bond acceptors (Lipinski definition) is 10. The van der Waals surface area contributed by atoms with Gasteiger partial charge in [-0.2, -0.15) is 0 Å². The molecule has 0 saturated heterocycles. The number of para-hydroxylation sites is 2. The normalized spacial score (nSPS) is 13.9. The predicted octanol–water partition coefficient (Wildman–Crippen LogP) is 0.974. The Hall–Kier alpha value is -8.10. The molecule has 7 rings (SSSR count). The molecule has 0 aliphatic rings. The third-order valence-electron chi connectivity index (χ3n) is 11.9. The fourth-order valence-electron chi connectivity index (χ4n) is 8.22. The highest BCUT2D eigenvalue weighted by Crippen LogP contribution is 2.21. The van der Waals surface area contributed by atoms with Crippen LogP contribution in [0, 0.1) is 0 Å². The molecule has 4 heterocycles. The molecule has 0 spiro atoms. The van der Waals surface area contributed by atoms with E-state index in [0.717, 1.165) is 27.4 Å². The third-order valence-corrected chi connectivity index (χ3v) is 11.9. The van der Waals surface area contributed by atoms with Crippen molar-refractivity contribution in [2.75, 3.05) is 6.54 Å². The first kappa shape index (κ1) is 48.8. The number of primary amides is 1. The highest BCUT2D eigenvalue weighted by Gasteiger charge is 2.34. The SMILES string of the molecule is NCCCC[C@H](NC(=O)[C@@H](Cc1ccccc1)NC(=O)[C@H](Cc1c[nH]c2ccccc12)NC(=O)[C@@H](Cc1cnc[nH]1)NC(=O)[C@@H](Cc1c[nH]c2ccccc12)NC(=O)[C@@H](N)Cc1cnc[nH]1)C(N)=O. The summed E-state index contributed by atoms with van der Waals surface area (Å²) in [4.78, 5) is 105. The predicted molar refractivity (Wildman–Crippen MR) is 258 cm³/mol. The summed E-state index contributed by atoms with van der Waals surface area (Å²) in [7, 11) is 0. The largest absolute Gasteiger partial charge is 0.368 e. The molecule has 69 heavy (non-hydrogen) atoms. The van der Waals surface area contributed by atoms with Crippen LogP contribution in [0.1, 0.15) is 47.3 Å². The van der Waals surface area contributed by atoms with Gasteiger partial charge in [0.25, 0.3) is 0 Å². The maximum absolute atomic E-state index is 14.8. The zero-order valence-corrected chi connectivity index (χ0v) is 37.9. The lowest BCUT2D eigenvalue weighted by molar-refractivity contribution is -0.135. The van der Waals surface area contributed by atoms with Gasteiger partial charge in [0.15, 0.2) is 0 Å². The molecule has 0 radical (unpaired) electrons. The van der Waals surface area contributed by atoms with Gasteiger partial charge in [-0.1, -0.05) is 66.7 Å². The Bertz CT molecular complexity index is 2810. The Morgan fingerprint density at radius 2 is 0.957 bits per heavy atom. The molecule has 0 unspecified atom stereocenters. The van der Waals surface area contributed by atoms with E-state index in [9.17, 15) is 28.8 Å². The number of benzene rings is 3. The summed E-state index contributed by atoms with van der Waals surface area (Å²) in [5.74, 6) is -4.16. The standard InChI is InChI=1S/C49H58N14O6/c50-17-9-8-16-39(44(52)64)59-46(66)40(18-29-10-2-1-3-11-29)61-48(68)42(20-31-24-56-38-15-7-5-13-35(31)38)62-49(69)43(22-33-26-54-28-58-33)63-47(67)41(19-30-23-55-37-14-6-4-12-34(30)37)60-45(65)36(51)21-32-25-53-27-57-32/h1-7,10-15,23-28,36,39-43,55-56H,8-9,16-22,50-51H2,(H2,52,64)(H,53,57)(H,54,58)(H,59,66)(H,60,65)(H,61,68)(H,62,69)(H,63,67)/t36-,39-,40+,41+,42-,43+/m0/s1. The lowest BCUT2D eigenvalue weighted by atomic mass is 10.0. The number of H-pyrrole nitrogens is 4. The van der Waals surface area contributed by atoms with Gasteiger partial charge in [-0.3, -0.25) is 28.8 Å². The second-order valence-corrected chi connectivity index (χ2v) is 17.0. The second kappa shape index (κ2) is 23.6. The molecule has 20 heteroatoms. The van der Waals surface area contributed by atoms with Crippen molar-refractivity contribution in [3.8, 4) is 0 Å². The summed E-state index contributed by atoms with van der Waals surface area (Å²) in [5.41, 5.74) is 22.6. The number of fused-ring (bicyclic) bond motifs is 2. The highest BCUT2D eigenvalue weighted by atomic mass is 16.2. The maximum Gasteiger partial charge on any atom is 0.243 e. The summed E-state index contributed by atoms with van der Waals surface area (Å²) < 4.78 is 0.